The first-order chi connectivity index (χ1) is 7.19. The van der Waals surface area contributed by atoms with Crippen molar-refractivity contribution in [3.05, 3.63) is 0 Å². The highest BCUT2D eigenvalue weighted by Crippen LogP contribution is 2.30. The van der Waals surface area contributed by atoms with Gasteiger partial charge in [-0.3, -0.25) is 0 Å². The minimum atomic E-state index is 0.0165. The number of nitrogens with one attached hydrogen (secondary N) is 1. The van der Waals surface area contributed by atoms with E-state index in [9.17, 15) is 0 Å². The second-order valence-electron chi connectivity index (χ2n) is 4.56. The van der Waals surface area contributed by atoms with Crippen molar-refractivity contribution in [3.63, 3.8) is 0 Å². The average molecular weight is 213 g/mol. The molecule has 4 N–H and O–H groups in total. The number of hydrogen-bond donors (Lipinski definition) is 3. The molecule has 3 atom stereocenters. The van der Waals surface area contributed by atoms with Gasteiger partial charge in [-0.1, -0.05) is 31.8 Å². The predicted molar refractivity (Wildman–Crippen MR) is 62.0 cm³/mol. The first-order valence-electron chi connectivity index (χ1n) is 5.89. The Hall–Kier alpha value is -0.770. The third-order valence-corrected chi connectivity index (χ3v) is 3.55. The summed E-state index contributed by atoms with van der Waals surface area (Å²) in [6, 6.07) is 0.0165. The molecule has 0 aromatic rings. The Balaban J connectivity index is 2.34. The third kappa shape index (κ3) is 3.38. The number of hydrogen-bond acceptors (Lipinski definition) is 3. The summed E-state index contributed by atoms with van der Waals surface area (Å²) in [6.45, 7) is 5.33. The van der Waals surface area contributed by atoms with Gasteiger partial charge in [0.1, 0.15) is 0 Å². The van der Waals surface area contributed by atoms with Crippen LogP contribution in [0, 0.1) is 11.8 Å². The maximum Gasteiger partial charge on any atom is 0.156 e. The van der Waals surface area contributed by atoms with Crippen molar-refractivity contribution in [2.75, 3.05) is 6.54 Å². The molecule has 4 nitrogen and oxygen atoms in total. The van der Waals surface area contributed by atoms with Gasteiger partial charge in [0.25, 0.3) is 0 Å². The average Bonchev–Trinajstić information content (AvgIpc) is 2.65. The molecule has 1 aliphatic rings. The normalized spacial score (nSPS) is 29.3. The van der Waals surface area contributed by atoms with E-state index < -0.39 is 0 Å². The van der Waals surface area contributed by atoms with Crippen LogP contribution in [0.5, 0.6) is 0 Å². The van der Waals surface area contributed by atoms with Crippen LogP contribution in [0.2, 0.25) is 0 Å². The van der Waals surface area contributed by atoms with E-state index in [-0.39, 0.29) is 6.04 Å². The van der Waals surface area contributed by atoms with Gasteiger partial charge in [0.05, 0.1) is 6.04 Å². The Kier molecular flexibility index (Phi) is 4.88. The van der Waals surface area contributed by atoms with E-state index in [0.717, 1.165) is 24.8 Å². The van der Waals surface area contributed by atoms with Gasteiger partial charge < -0.3 is 16.3 Å². The Morgan fingerprint density at radius 1 is 1.60 bits per heavy atom. The van der Waals surface area contributed by atoms with Crippen molar-refractivity contribution in [2.45, 2.75) is 45.6 Å². The van der Waals surface area contributed by atoms with Gasteiger partial charge in [-0.25, -0.2) is 0 Å². The molecule has 0 heterocycles. The van der Waals surface area contributed by atoms with Crippen molar-refractivity contribution in [3.8, 4) is 0 Å². The van der Waals surface area contributed by atoms with Crippen LogP contribution in [0.4, 0.5) is 0 Å². The lowest BCUT2D eigenvalue weighted by molar-refractivity contribution is 0.312. The molecule has 1 aliphatic carbocycles. The van der Waals surface area contributed by atoms with Gasteiger partial charge in [0.15, 0.2) is 5.84 Å². The summed E-state index contributed by atoms with van der Waals surface area (Å²) in [5, 5.41) is 15.0. The summed E-state index contributed by atoms with van der Waals surface area (Å²) < 4.78 is 0. The van der Waals surface area contributed by atoms with Crippen LogP contribution in [0.3, 0.4) is 0 Å². The molecular weight excluding hydrogens is 190 g/mol. The molecule has 88 valence electrons. The Morgan fingerprint density at radius 2 is 2.33 bits per heavy atom. The van der Waals surface area contributed by atoms with Crippen molar-refractivity contribution >= 4 is 5.84 Å². The summed E-state index contributed by atoms with van der Waals surface area (Å²) >= 11 is 0. The lowest BCUT2D eigenvalue weighted by atomic mass is 9.98. The SMILES string of the molecule is CCC(NCC1CCCC1C)C(N)=NO. The fourth-order valence-corrected chi connectivity index (χ4v) is 2.35. The zero-order valence-corrected chi connectivity index (χ0v) is 9.74. The molecule has 0 aliphatic heterocycles. The molecule has 1 fully saturated rings. The standard InChI is InChI=1S/C11H23N3O/c1-3-10(11(12)14-15)13-7-9-6-4-5-8(9)2/h8-10,13,15H,3-7H2,1-2H3,(H2,12,14). The summed E-state index contributed by atoms with van der Waals surface area (Å²) in [5.74, 6) is 1.86. The van der Waals surface area contributed by atoms with Crippen LogP contribution in [-0.4, -0.2) is 23.6 Å². The van der Waals surface area contributed by atoms with E-state index in [1.54, 1.807) is 0 Å². The summed E-state index contributed by atoms with van der Waals surface area (Å²) in [6.07, 6.45) is 4.85. The molecule has 0 bridgehead atoms. The fraction of sp³-hybridized carbons (Fsp3) is 0.909. The van der Waals surface area contributed by atoms with Crippen LogP contribution < -0.4 is 11.1 Å². The molecule has 3 unspecified atom stereocenters. The summed E-state index contributed by atoms with van der Waals surface area (Å²) in [7, 11) is 0. The van der Waals surface area contributed by atoms with Crippen molar-refractivity contribution < 1.29 is 5.21 Å². The van der Waals surface area contributed by atoms with E-state index in [2.05, 4.69) is 17.4 Å². The second kappa shape index (κ2) is 5.95. The first kappa shape index (κ1) is 12.3. The maximum absolute atomic E-state index is 8.60. The molecule has 0 spiro atoms. The van der Waals surface area contributed by atoms with Gasteiger partial charge in [-0.2, -0.15) is 0 Å². The highest BCUT2D eigenvalue weighted by Gasteiger charge is 2.24. The maximum atomic E-state index is 8.60. The number of amidine groups is 1. The topological polar surface area (TPSA) is 70.6 Å². The Bertz CT molecular complexity index is 218. The second-order valence-corrected chi connectivity index (χ2v) is 4.56. The monoisotopic (exact) mass is 213 g/mol. The third-order valence-electron chi connectivity index (χ3n) is 3.55. The van der Waals surface area contributed by atoms with E-state index in [1.807, 2.05) is 6.92 Å². The molecule has 0 amide bonds. The summed E-state index contributed by atoms with van der Waals surface area (Å²) in [5.41, 5.74) is 5.58. The van der Waals surface area contributed by atoms with Crippen LogP contribution in [0.15, 0.2) is 5.16 Å². The molecule has 0 saturated heterocycles. The minimum Gasteiger partial charge on any atom is -0.409 e. The summed E-state index contributed by atoms with van der Waals surface area (Å²) in [4.78, 5) is 0. The number of nitrogens with two attached hydrogens (primary N) is 1. The zero-order chi connectivity index (χ0) is 11.3. The van der Waals surface area contributed by atoms with E-state index in [0.29, 0.717) is 5.84 Å². The number of rotatable bonds is 5. The molecule has 0 radical (unpaired) electrons. The fourth-order valence-electron chi connectivity index (χ4n) is 2.35. The van der Waals surface area contributed by atoms with Gasteiger partial charge in [-0.15, -0.1) is 0 Å². The zero-order valence-electron chi connectivity index (χ0n) is 9.74. The molecular formula is C11H23N3O. The lowest BCUT2D eigenvalue weighted by Gasteiger charge is -2.20. The Morgan fingerprint density at radius 3 is 2.80 bits per heavy atom. The quantitative estimate of drug-likeness (QED) is 0.281. The van der Waals surface area contributed by atoms with Crippen LogP contribution >= 0.6 is 0 Å². The first-order valence-corrected chi connectivity index (χ1v) is 5.89. The van der Waals surface area contributed by atoms with E-state index in [4.69, 9.17) is 10.9 Å². The van der Waals surface area contributed by atoms with Gasteiger partial charge in [0, 0.05) is 0 Å². The Labute approximate surface area is 91.9 Å². The van der Waals surface area contributed by atoms with Crippen molar-refractivity contribution in [2.24, 2.45) is 22.7 Å². The number of oxime groups is 1. The molecule has 1 rings (SSSR count). The highest BCUT2D eigenvalue weighted by molar-refractivity contribution is 5.85. The number of nitrogens with zero attached hydrogens (tertiary/aromatic N) is 1. The van der Waals surface area contributed by atoms with Gasteiger partial charge in [0.2, 0.25) is 0 Å². The van der Waals surface area contributed by atoms with Crippen molar-refractivity contribution in [1.29, 1.82) is 0 Å². The van der Waals surface area contributed by atoms with Gasteiger partial charge in [-0.05, 0) is 31.2 Å². The van der Waals surface area contributed by atoms with Crippen LogP contribution in [0.1, 0.15) is 39.5 Å². The predicted octanol–water partition coefficient (Wildman–Crippen LogP) is 1.54. The smallest absolute Gasteiger partial charge is 0.156 e. The van der Waals surface area contributed by atoms with Gasteiger partial charge >= 0.3 is 0 Å². The highest BCUT2D eigenvalue weighted by atomic mass is 16.4. The molecule has 1 saturated carbocycles. The molecule has 15 heavy (non-hydrogen) atoms. The van der Waals surface area contributed by atoms with E-state index >= 15 is 0 Å². The van der Waals surface area contributed by atoms with E-state index in [1.165, 1.54) is 19.3 Å². The largest absolute Gasteiger partial charge is 0.409 e. The minimum absolute atomic E-state index is 0.0165. The molecule has 4 heteroatoms. The molecule has 0 aromatic carbocycles. The van der Waals surface area contributed by atoms with Crippen LogP contribution in [-0.2, 0) is 0 Å². The molecule has 0 aromatic heterocycles. The lowest BCUT2D eigenvalue weighted by Crippen LogP contribution is -2.43. The van der Waals surface area contributed by atoms with Crippen molar-refractivity contribution in [1.82, 2.24) is 5.32 Å². The van der Waals surface area contributed by atoms with Crippen LogP contribution in [0.25, 0.3) is 0 Å².